The number of carbonyl (C=O) groups excluding carboxylic acids is 1. The predicted molar refractivity (Wildman–Crippen MR) is 85.2 cm³/mol. The molecule has 0 aliphatic heterocycles. The first-order chi connectivity index (χ1) is 10.6. The molecule has 1 aromatic heterocycles. The Labute approximate surface area is 131 Å². The van der Waals surface area contributed by atoms with E-state index in [9.17, 15) is 9.90 Å². The number of rotatable bonds is 7. The maximum atomic E-state index is 12.5. The van der Waals surface area contributed by atoms with Gasteiger partial charge in [0, 0.05) is 19.8 Å². The number of hydrogen-bond donors (Lipinski definition) is 1. The number of imidazole rings is 1. The lowest BCUT2D eigenvalue weighted by atomic mass is 10.1. The van der Waals surface area contributed by atoms with Crippen LogP contribution in [0.2, 0.25) is 0 Å². The van der Waals surface area contributed by atoms with Gasteiger partial charge in [0.25, 0.3) is 0 Å². The van der Waals surface area contributed by atoms with E-state index in [0.29, 0.717) is 19.5 Å². The zero-order chi connectivity index (χ0) is 15.9. The van der Waals surface area contributed by atoms with Gasteiger partial charge in [0.1, 0.15) is 0 Å². The second-order valence-electron chi connectivity index (χ2n) is 5.38. The molecule has 1 N–H and O–H groups in total. The van der Waals surface area contributed by atoms with E-state index in [0.717, 1.165) is 17.7 Å². The molecule has 2 rings (SSSR count). The quantitative estimate of drug-likeness (QED) is 0.844. The molecule has 0 atom stereocenters. The van der Waals surface area contributed by atoms with E-state index in [1.165, 1.54) is 5.56 Å². The number of aromatic nitrogens is 2. The fourth-order valence-electron chi connectivity index (χ4n) is 2.32. The van der Waals surface area contributed by atoms with Gasteiger partial charge in [-0.1, -0.05) is 31.2 Å². The van der Waals surface area contributed by atoms with Gasteiger partial charge in [-0.3, -0.25) is 4.79 Å². The molecule has 0 spiro atoms. The predicted octanol–water partition coefficient (Wildman–Crippen LogP) is 1.55. The second kappa shape index (κ2) is 7.75. The average molecular weight is 301 g/mol. The Morgan fingerprint density at radius 2 is 1.95 bits per heavy atom. The van der Waals surface area contributed by atoms with Crippen LogP contribution in [0, 0.1) is 0 Å². The minimum Gasteiger partial charge on any atom is -0.395 e. The molecule has 0 aliphatic carbocycles. The van der Waals surface area contributed by atoms with Gasteiger partial charge in [-0.05, 0) is 17.5 Å². The van der Waals surface area contributed by atoms with Crippen molar-refractivity contribution in [3.63, 3.8) is 0 Å². The van der Waals surface area contributed by atoms with Crippen LogP contribution in [0.15, 0.2) is 36.8 Å². The van der Waals surface area contributed by atoms with Crippen molar-refractivity contribution in [2.24, 2.45) is 7.05 Å². The molecule has 5 heteroatoms. The van der Waals surface area contributed by atoms with Gasteiger partial charge in [0.15, 0.2) is 0 Å². The lowest BCUT2D eigenvalue weighted by molar-refractivity contribution is -0.131. The molecule has 0 saturated carbocycles. The standard InChI is InChI=1S/C17H23N3O2/c1-3-14-4-6-15(7-5-14)10-17(22)20(8-9-21)12-16-11-18-13-19(16)2/h4-7,11,13,21H,3,8-10,12H2,1-2H3. The number of amides is 1. The van der Waals surface area contributed by atoms with Crippen LogP contribution in [0.4, 0.5) is 0 Å². The van der Waals surface area contributed by atoms with Crippen molar-refractivity contribution >= 4 is 5.91 Å². The van der Waals surface area contributed by atoms with Crippen molar-refractivity contribution in [2.75, 3.05) is 13.2 Å². The van der Waals surface area contributed by atoms with Crippen molar-refractivity contribution in [1.29, 1.82) is 0 Å². The molecule has 0 bridgehead atoms. The average Bonchev–Trinajstić information content (AvgIpc) is 2.93. The van der Waals surface area contributed by atoms with E-state index >= 15 is 0 Å². The lowest BCUT2D eigenvalue weighted by Gasteiger charge is -2.22. The van der Waals surface area contributed by atoms with Crippen LogP contribution in [0.25, 0.3) is 0 Å². The van der Waals surface area contributed by atoms with E-state index in [1.807, 2.05) is 23.7 Å². The third-order valence-corrected chi connectivity index (χ3v) is 3.78. The first-order valence-electron chi connectivity index (χ1n) is 7.55. The zero-order valence-electron chi connectivity index (χ0n) is 13.2. The maximum absolute atomic E-state index is 12.5. The van der Waals surface area contributed by atoms with Crippen LogP contribution in [0.3, 0.4) is 0 Å². The first kappa shape index (κ1) is 16.2. The Morgan fingerprint density at radius 3 is 2.50 bits per heavy atom. The van der Waals surface area contributed by atoms with Crippen molar-refractivity contribution in [3.05, 3.63) is 53.6 Å². The third-order valence-electron chi connectivity index (χ3n) is 3.78. The van der Waals surface area contributed by atoms with Crippen molar-refractivity contribution < 1.29 is 9.90 Å². The summed E-state index contributed by atoms with van der Waals surface area (Å²) in [5.74, 6) is 0.0134. The molecule has 22 heavy (non-hydrogen) atoms. The molecule has 2 aromatic rings. The largest absolute Gasteiger partial charge is 0.395 e. The lowest BCUT2D eigenvalue weighted by Crippen LogP contribution is -2.34. The Hall–Kier alpha value is -2.14. The van der Waals surface area contributed by atoms with Gasteiger partial charge in [-0.2, -0.15) is 0 Å². The van der Waals surface area contributed by atoms with Gasteiger partial charge in [-0.25, -0.2) is 4.98 Å². The third kappa shape index (κ3) is 4.18. The molecular formula is C17H23N3O2. The van der Waals surface area contributed by atoms with E-state index in [4.69, 9.17) is 0 Å². The molecule has 5 nitrogen and oxygen atoms in total. The van der Waals surface area contributed by atoms with Gasteiger partial charge >= 0.3 is 0 Å². The summed E-state index contributed by atoms with van der Waals surface area (Å²) < 4.78 is 1.88. The fraction of sp³-hybridized carbons (Fsp3) is 0.412. The summed E-state index contributed by atoms with van der Waals surface area (Å²) in [7, 11) is 1.90. The highest BCUT2D eigenvalue weighted by molar-refractivity contribution is 5.78. The number of hydrogen-bond acceptors (Lipinski definition) is 3. The highest BCUT2D eigenvalue weighted by atomic mass is 16.3. The normalized spacial score (nSPS) is 10.7. The van der Waals surface area contributed by atoms with Crippen molar-refractivity contribution in [3.8, 4) is 0 Å². The summed E-state index contributed by atoms with van der Waals surface area (Å²) in [5, 5.41) is 9.20. The van der Waals surface area contributed by atoms with Gasteiger partial charge in [0.05, 0.1) is 31.6 Å². The molecule has 1 heterocycles. The molecule has 0 fully saturated rings. The molecule has 0 radical (unpaired) electrons. The fourth-order valence-corrected chi connectivity index (χ4v) is 2.32. The van der Waals surface area contributed by atoms with Gasteiger partial charge in [0.2, 0.25) is 5.91 Å². The van der Waals surface area contributed by atoms with E-state index in [1.54, 1.807) is 17.4 Å². The molecule has 118 valence electrons. The first-order valence-corrected chi connectivity index (χ1v) is 7.55. The minimum absolute atomic E-state index is 0.0134. The van der Waals surface area contributed by atoms with Crippen LogP contribution in [-0.2, 0) is 31.2 Å². The highest BCUT2D eigenvalue weighted by Crippen LogP contribution is 2.09. The van der Waals surface area contributed by atoms with E-state index in [2.05, 4.69) is 24.0 Å². The van der Waals surface area contributed by atoms with Crippen molar-refractivity contribution in [1.82, 2.24) is 14.5 Å². The van der Waals surface area contributed by atoms with E-state index < -0.39 is 0 Å². The summed E-state index contributed by atoms with van der Waals surface area (Å²) in [6.45, 7) is 2.86. The number of aryl methyl sites for hydroxylation is 2. The van der Waals surface area contributed by atoms with Crippen LogP contribution in [0.5, 0.6) is 0 Å². The van der Waals surface area contributed by atoms with Crippen LogP contribution in [-0.4, -0.2) is 38.6 Å². The number of aliphatic hydroxyl groups is 1. The molecule has 1 aromatic carbocycles. The number of aliphatic hydroxyl groups excluding tert-OH is 1. The van der Waals surface area contributed by atoms with Gasteiger partial charge < -0.3 is 14.6 Å². The van der Waals surface area contributed by atoms with Crippen molar-refractivity contribution in [2.45, 2.75) is 26.3 Å². The minimum atomic E-state index is -0.0433. The monoisotopic (exact) mass is 301 g/mol. The molecule has 0 unspecified atom stereocenters. The Morgan fingerprint density at radius 1 is 1.27 bits per heavy atom. The number of nitrogens with zero attached hydrogens (tertiary/aromatic N) is 3. The Bertz CT molecular complexity index is 605. The summed E-state index contributed by atoms with van der Waals surface area (Å²) in [4.78, 5) is 18.2. The molecule has 0 saturated heterocycles. The summed E-state index contributed by atoms with van der Waals surface area (Å²) in [6, 6.07) is 8.11. The SMILES string of the molecule is CCc1ccc(CC(=O)N(CCO)Cc2cncn2C)cc1. The summed E-state index contributed by atoms with van der Waals surface area (Å²) >= 11 is 0. The highest BCUT2D eigenvalue weighted by Gasteiger charge is 2.15. The van der Waals surface area contributed by atoms with Crippen LogP contribution in [0.1, 0.15) is 23.7 Å². The second-order valence-corrected chi connectivity index (χ2v) is 5.38. The van der Waals surface area contributed by atoms with E-state index in [-0.39, 0.29) is 12.5 Å². The van der Waals surface area contributed by atoms with Gasteiger partial charge in [-0.15, -0.1) is 0 Å². The van der Waals surface area contributed by atoms with Crippen LogP contribution < -0.4 is 0 Å². The summed E-state index contributed by atoms with van der Waals surface area (Å²) in [6.07, 6.45) is 4.79. The summed E-state index contributed by atoms with van der Waals surface area (Å²) in [5.41, 5.74) is 3.21. The topological polar surface area (TPSA) is 58.4 Å². The number of benzene rings is 1. The molecule has 0 aliphatic rings. The molecule has 1 amide bonds. The Kier molecular flexibility index (Phi) is 5.72. The smallest absolute Gasteiger partial charge is 0.227 e. The Balaban J connectivity index is 2.03. The maximum Gasteiger partial charge on any atom is 0.227 e. The zero-order valence-corrected chi connectivity index (χ0v) is 13.2. The number of carbonyl (C=O) groups is 1. The van der Waals surface area contributed by atoms with Crippen LogP contribution >= 0.6 is 0 Å². The molecular weight excluding hydrogens is 278 g/mol.